The van der Waals surface area contributed by atoms with Crippen molar-refractivity contribution in [1.82, 2.24) is 14.7 Å². The Balaban J connectivity index is 1.82. The number of carbonyl (C=O) groups excluding carboxylic acids is 2. The maximum absolute atomic E-state index is 12.9. The Kier molecular flexibility index (Phi) is 4.45. The molecule has 6 nitrogen and oxygen atoms in total. The molecule has 3 rings (SSSR count). The molecule has 1 aliphatic heterocycles. The second kappa shape index (κ2) is 6.29. The van der Waals surface area contributed by atoms with Crippen molar-refractivity contribution >= 4 is 23.2 Å². The quantitative estimate of drug-likeness (QED) is 0.910. The summed E-state index contributed by atoms with van der Waals surface area (Å²) in [5.74, 6) is -0.878. The van der Waals surface area contributed by atoms with E-state index in [1.165, 1.54) is 16.2 Å². The summed E-state index contributed by atoms with van der Waals surface area (Å²) in [6.45, 7) is 7.23. The van der Waals surface area contributed by atoms with Gasteiger partial charge < -0.3 is 10.6 Å². The third kappa shape index (κ3) is 3.46. The van der Waals surface area contributed by atoms with Crippen LogP contribution in [0.15, 0.2) is 24.5 Å². The molecule has 1 saturated heterocycles. The fraction of sp³-hybridized carbons (Fsp3) is 0.500. The molecule has 7 heteroatoms. The first kappa shape index (κ1) is 17.7. The molecule has 1 fully saturated rings. The lowest BCUT2D eigenvalue weighted by Gasteiger charge is -2.16. The van der Waals surface area contributed by atoms with Crippen LogP contribution in [0.4, 0.5) is 0 Å². The standard InChI is InChI=1S/C18H24N4O2S/c1-18(2,3)15-6-5-14(25-15)17(24)22-9-12(13(10-22)16(19)23)11-7-20-21(4)8-11/h5-8,12-13H,9-10H2,1-4H3,(H2,19,23)/t12-,13+/m1/s1. The molecule has 134 valence electrons. The van der Waals surface area contributed by atoms with E-state index in [0.29, 0.717) is 18.0 Å². The van der Waals surface area contributed by atoms with Crippen molar-refractivity contribution in [1.29, 1.82) is 0 Å². The Hall–Kier alpha value is -2.15. The molecule has 0 bridgehead atoms. The van der Waals surface area contributed by atoms with Gasteiger partial charge in [0.1, 0.15) is 0 Å². The number of hydrogen-bond donors (Lipinski definition) is 1. The Bertz CT molecular complexity index is 802. The minimum Gasteiger partial charge on any atom is -0.369 e. The third-order valence-electron chi connectivity index (χ3n) is 4.68. The molecule has 0 unspecified atom stereocenters. The molecule has 2 aromatic heterocycles. The van der Waals surface area contributed by atoms with E-state index in [-0.39, 0.29) is 29.1 Å². The summed E-state index contributed by atoms with van der Waals surface area (Å²) < 4.78 is 1.70. The largest absolute Gasteiger partial charge is 0.369 e. The van der Waals surface area contributed by atoms with Crippen molar-refractivity contribution in [2.45, 2.75) is 32.1 Å². The van der Waals surface area contributed by atoms with Gasteiger partial charge in [-0.1, -0.05) is 20.8 Å². The van der Waals surface area contributed by atoms with Crippen LogP contribution in [0.2, 0.25) is 0 Å². The van der Waals surface area contributed by atoms with Crippen LogP contribution in [-0.4, -0.2) is 39.6 Å². The number of hydrogen-bond acceptors (Lipinski definition) is 4. The first-order valence-corrected chi connectivity index (χ1v) is 9.16. The first-order chi connectivity index (χ1) is 11.7. The van der Waals surface area contributed by atoms with Crippen LogP contribution in [0.3, 0.4) is 0 Å². The number of nitrogens with two attached hydrogens (primary N) is 1. The van der Waals surface area contributed by atoms with Crippen molar-refractivity contribution in [2.24, 2.45) is 18.7 Å². The third-order valence-corrected chi connectivity index (χ3v) is 6.18. The highest BCUT2D eigenvalue weighted by Crippen LogP contribution is 2.35. The SMILES string of the molecule is Cn1cc([C@H]2CN(C(=O)c3ccc(C(C)(C)C)s3)C[C@@H]2C(N)=O)cn1. The number of aryl methyl sites for hydroxylation is 1. The normalized spacial score (nSPS) is 20.9. The van der Waals surface area contributed by atoms with Crippen molar-refractivity contribution in [3.63, 3.8) is 0 Å². The van der Waals surface area contributed by atoms with Gasteiger partial charge in [-0.3, -0.25) is 14.3 Å². The molecule has 0 aliphatic carbocycles. The molecule has 0 radical (unpaired) electrons. The summed E-state index contributed by atoms with van der Waals surface area (Å²) in [5.41, 5.74) is 6.56. The highest BCUT2D eigenvalue weighted by atomic mass is 32.1. The van der Waals surface area contributed by atoms with Gasteiger partial charge in [0.05, 0.1) is 17.0 Å². The molecule has 2 atom stereocenters. The zero-order valence-electron chi connectivity index (χ0n) is 15.0. The van der Waals surface area contributed by atoms with E-state index < -0.39 is 0 Å². The van der Waals surface area contributed by atoms with Gasteiger partial charge in [-0.05, 0) is 23.1 Å². The lowest BCUT2D eigenvalue weighted by Crippen LogP contribution is -2.31. The average Bonchev–Trinajstić information content (AvgIpc) is 3.24. The van der Waals surface area contributed by atoms with Gasteiger partial charge in [0.25, 0.3) is 5.91 Å². The number of aromatic nitrogens is 2. The number of thiophene rings is 1. The number of amides is 2. The van der Waals surface area contributed by atoms with Crippen LogP contribution in [0.25, 0.3) is 0 Å². The lowest BCUT2D eigenvalue weighted by molar-refractivity contribution is -0.121. The fourth-order valence-electron chi connectivity index (χ4n) is 3.24. The van der Waals surface area contributed by atoms with Crippen LogP contribution in [0.1, 0.15) is 46.8 Å². The average molecular weight is 360 g/mol. The molecule has 1 aliphatic rings. The second-order valence-corrected chi connectivity index (χ2v) is 8.77. The summed E-state index contributed by atoms with van der Waals surface area (Å²) >= 11 is 1.52. The molecule has 0 saturated carbocycles. The van der Waals surface area contributed by atoms with E-state index in [9.17, 15) is 9.59 Å². The maximum atomic E-state index is 12.9. The van der Waals surface area contributed by atoms with Gasteiger partial charge in [-0.2, -0.15) is 5.10 Å². The minimum atomic E-state index is -0.379. The van der Waals surface area contributed by atoms with Gasteiger partial charge >= 0.3 is 0 Å². The molecular formula is C18H24N4O2S. The van der Waals surface area contributed by atoms with Crippen LogP contribution in [-0.2, 0) is 17.3 Å². The predicted molar refractivity (Wildman–Crippen MR) is 97.6 cm³/mol. The van der Waals surface area contributed by atoms with Gasteiger partial charge in [-0.25, -0.2) is 0 Å². The summed E-state index contributed by atoms with van der Waals surface area (Å²) in [7, 11) is 1.83. The number of nitrogens with zero attached hydrogens (tertiary/aromatic N) is 3. The molecular weight excluding hydrogens is 336 g/mol. The van der Waals surface area contributed by atoms with E-state index in [0.717, 1.165) is 5.56 Å². The van der Waals surface area contributed by atoms with Crippen LogP contribution in [0, 0.1) is 5.92 Å². The Morgan fingerprint density at radius 3 is 2.52 bits per heavy atom. The minimum absolute atomic E-state index is 0.0161. The van der Waals surface area contributed by atoms with E-state index in [1.807, 2.05) is 25.4 Å². The van der Waals surface area contributed by atoms with E-state index in [1.54, 1.807) is 15.8 Å². The lowest BCUT2D eigenvalue weighted by atomic mass is 9.90. The Morgan fingerprint density at radius 1 is 1.28 bits per heavy atom. The zero-order valence-corrected chi connectivity index (χ0v) is 15.8. The Labute approximate surface area is 151 Å². The number of likely N-dealkylation sites (tertiary alicyclic amines) is 1. The fourth-order valence-corrected chi connectivity index (χ4v) is 4.27. The second-order valence-electron chi connectivity index (χ2n) is 7.69. The van der Waals surface area contributed by atoms with Gasteiger partial charge in [0.2, 0.25) is 5.91 Å². The van der Waals surface area contributed by atoms with Crippen molar-refractivity contribution in [3.05, 3.63) is 39.8 Å². The Morgan fingerprint density at radius 2 is 2.00 bits per heavy atom. The highest BCUT2D eigenvalue weighted by molar-refractivity contribution is 7.14. The van der Waals surface area contributed by atoms with E-state index in [2.05, 4.69) is 25.9 Å². The number of rotatable bonds is 3. The van der Waals surface area contributed by atoms with Crippen LogP contribution in [0.5, 0.6) is 0 Å². The number of primary amides is 1. The monoisotopic (exact) mass is 360 g/mol. The zero-order chi connectivity index (χ0) is 18.4. The molecule has 2 amide bonds. The van der Waals surface area contributed by atoms with Gasteiger partial charge in [0, 0.05) is 37.1 Å². The summed E-state index contributed by atoms with van der Waals surface area (Å²) in [6, 6.07) is 3.89. The topological polar surface area (TPSA) is 81.2 Å². The molecule has 25 heavy (non-hydrogen) atoms. The summed E-state index contributed by atoms with van der Waals surface area (Å²) in [5, 5.41) is 4.18. The first-order valence-electron chi connectivity index (χ1n) is 8.34. The predicted octanol–water partition coefficient (Wildman–Crippen LogP) is 2.12. The molecule has 0 spiro atoms. The van der Waals surface area contributed by atoms with Crippen molar-refractivity contribution in [2.75, 3.05) is 13.1 Å². The van der Waals surface area contributed by atoms with Gasteiger partial charge in [-0.15, -0.1) is 11.3 Å². The smallest absolute Gasteiger partial charge is 0.263 e. The van der Waals surface area contributed by atoms with Crippen molar-refractivity contribution < 1.29 is 9.59 Å². The molecule has 2 N–H and O–H groups in total. The summed E-state index contributed by atoms with van der Waals surface area (Å²) in [4.78, 5) is 28.4. The van der Waals surface area contributed by atoms with E-state index >= 15 is 0 Å². The molecule has 2 aromatic rings. The summed E-state index contributed by atoms with van der Waals surface area (Å²) in [6.07, 6.45) is 3.63. The number of carbonyl (C=O) groups is 2. The maximum Gasteiger partial charge on any atom is 0.263 e. The van der Waals surface area contributed by atoms with E-state index in [4.69, 9.17) is 5.73 Å². The van der Waals surface area contributed by atoms with Gasteiger partial charge in [0.15, 0.2) is 0 Å². The van der Waals surface area contributed by atoms with Crippen molar-refractivity contribution in [3.8, 4) is 0 Å². The molecule has 3 heterocycles. The molecule has 0 aromatic carbocycles. The van der Waals surface area contributed by atoms with Crippen LogP contribution >= 0.6 is 11.3 Å². The van der Waals surface area contributed by atoms with Crippen LogP contribution < -0.4 is 5.73 Å². The highest BCUT2D eigenvalue weighted by Gasteiger charge is 2.40.